The predicted molar refractivity (Wildman–Crippen MR) is 61.1 cm³/mol. The van der Waals surface area contributed by atoms with Crippen LogP contribution in [-0.4, -0.2) is 11.2 Å². The second-order valence-corrected chi connectivity index (χ2v) is 6.00. The summed E-state index contributed by atoms with van der Waals surface area (Å²) >= 11 is 0. The molecule has 0 radical (unpaired) electrons. The topological polar surface area (TPSA) is 20.2 Å². The van der Waals surface area contributed by atoms with E-state index in [-0.39, 0.29) is 11.5 Å². The molecular weight excluding hydrogens is 172 g/mol. The average molecular weight is 198 g/mol. The lowest BCUT2D eigenvalue weighted by Crippen LogP contribution is -2.43. The number of aliphatic hydroxyl groups excluding tert-OH is 1. The van der Waals surface area contributed by atoms with E-state index < -0.39 is 0 Å². The van der Waals surface area contributed by atoms with Gasteiger partial charge in [-0.3, -0.25) is 0 Å². The van der Waals surface area contributed by atoms with Crippen LogP contribution in [-0.2, 0) is 0 Å². The quantitative estimate of drug-likeness (QED) is 0.720. The molecule has 1 heteroatoms. The van der Waals surface area contributed by atoms with Gasteiger partial charge in [-0.1, -0.05) is 41.0 Å². The van der Waals surface area contributed by atoms with E-state index in [1.165, 1.54) is 19.3 Å². The zero-order chi connectivity index (χ0) is 10.9. The summed E-state index contributed by atoms with van der Waals surface area (Å²) in [6.45, 7) is 11.2. The molecule has 0 aliphatic heterocycles. The summed E-state index contributed by atoms with van der Waals surface area (Å²) in [6.07, 6.45) is 3.55. The molecule has 4 unspecified atom stereocenters. The third-order valence-electron chi connectivity index (χ3n) is 4.25. The molecule has 1 fully saturated rings. The summed E-state index contributed by atoms with van der Waals surface area (Å²) in [7, 11) is 0. The molecule has 0 aromatic carbocycles. The van der Waals surface area contributed by atoms with Crippen LogP contribution in [0.3, 0.4) is 0 Å². The molecule has 0 amide bonds. The first-order chi connectivity index (χ1) is 6.38. The summed E-state index contributed by atoms with van der Waals surface area (Å²) in [5.41, 5.74) is 0.117. The van der Waals surface area contributed by atoms with Crippen molar-refractivity contribution in [3.05, 3.63) is 0 Å². The minimum atomic E-state index is -0.109. The van der Waals surface area contributed by atoms with Crippen molar-refractivity contribution in [1.82, 2.24) is 0 Å². The van der Waals surface area contributed by atoms with Crippen LogP contribution in [0.1, 0.15) is 53.9 Å². The van der Waals surface area contributed by atoms with Gasteiger partial charge in [-0.25, -0.2) is 0 Å². The standard InChI is InChI=1S/C13H26O/c1-6-9(2)11-7-10(3)12(14)13(4,5)8-11/h9-12,14H,6-8H2,1-5H3. The van der Waals surface area contributed by atoms with E-state index >= 15 is 0 Å². The predicted octanol–water partition coefficient (Wildman–Crippen LogP) is 3.47. The number of hydrogen-bond acceptors (Lipinski definition) is 1. The first-order valence-electron chi connectivity index (χ1n) is 6.06. The van der Waals surface area contributed by atoms with Gasteiger partial charge in [-0.2, -0.15) is 0 Å². The highest BCUT2D eigenvalue weighted by Crippen LogP contribution is 2.44. The van der Waals surface area contributed by atoms with Crippen molar-refractivity contribution >= 4 is 0 Å². The molecule has 84 valence electrons. The molecule has 1 saturated carbocycles. The van der Waals surface area contributed by atoms with E-state index in [1.807, 2.05) is 0 Å². The average Bonchev–Trinajstić information content (AvgIpc) is 2.12. The van der Waals surface area contributed by atoms with Gasteiger partial charge in [0.05, 0.1) is 6.10 Å². The molecule has 0 saturated heterocycles. The smallest absolute Gasteiger partial charge is 0.0616 e. The van der Waals surface area contributed by atoms with Crippen molar-refractivity contribution in [2.75, 3.05) is 0 Å². The number of hydrogen-bond donors (Lipinski definition) is 1. The van der Waals surface area contributed by atoms with Crippen molar-refractivity contribution in [3.8, 4) is 0 Å². The fourth-order valence-corrected chi connectivity index (χ4v) is 3.02. The monoisotopic (exact) mass is 198 g/mol. The Balaban J connectivity index is 2.68. The second-order valence-electron chi connectivity index (χ2n) is 6.00. The van der Waals surface area contributed by atoms with Crippen LogP contribution in [0.4, 0.5) is 0 Å². The zero-order valence-corrected chi connectivity index (χ0v) is 10.4. The third kappa shape index (κ3) is 2.31. The van der Waals surface area contributed by atoms with Crippen molar-refractivity contribution < 1.29 is 5.11 Å². The Morgan fingerprint density at radius 2 is 2.00 bits per heavy atom. The zero-order valence-electron chi connectivity index (χ0n) is 10.4. The van der Waals surface area contributed by atoms with Gasteiger partial charge in [-0.15, -0.1) is 0 Å². The number of aliphatic hydroxyl groups is 1. The maximum atomic E-state index is 10.1. The fourth-order valence-electron chi connectivity index (χ4n) is 3.02. The van der Waals surface area contributed by atoms with Crippen LogP contribution in [0.25, 0.3) is 0 Å². The van der Waals surface area contributed by atoms with E-state index in [1.54, 1.807) is 0 Å². The van der Waals surface area contributed by atoms with Crippen molar-refractivity contribution in [1.29, 1.82) is 0 Å². The first kappa shape index (κ1) is 12.0. The lowest BCUT2D eigenvalue weighted by Gasteiger charge is -2.45. The highest BCUT2D eigenvalue weighted by Gasteiger charge is 2.40. The summed E-state index contributed by atoms with van der Waals surface area (Å²) in [6, 6.07) is 0. The van der Waals surface area contributed by atoms with Crippen molar-refractivity contribution in [2.45, 2.75) is 60.0 Å². The number of rotatable bonds is 2. The molecule has 0 bridgehead atoms. The maximum absolute atomic E-state index is 10.1. The van der Waals surface area contributed by atoms with Crippen molar-refractivity contribution in [3.63, 3.8) is 0 Å². The molecule has 14 heavy (non-hydrogen) atoms. The van der Waals surface area contributed by atoms with Gasteiger partial charge in [0.1, 0.15) is 0 Å². The van der Waals surface area contributed by atoms with Crippen LogP contribution in [0.15, 0.2) is 0 Å². The van der Waals surface area contributed by atoms with Gasteiger partial charge in [0, 0.05) is 0 Å². The van der Waals surface area contributed by atoms with Gasteiger partial charge in [0.25, 0.3) is 0 Å². The summed E-state index contributed by atoms with van der Waals surface area (Å²) in [5.74, 6) is 2.09. The Morgan fingerprint density at radius 3 is 2.43 bits per heavy atom. The molecule has 1 nitrogen and oxygen atoms in total. The van der Waals surface area contributed by atoms with E-state index in [0.29, 0.717) is 5.92 Å². The largest absolute Gasteiger partial charge is 0.392 e. The Morgan fingerprint density at radius 1 is 1.43 bits per heavy atom. The molecule has 1 N–H and O–H groups in total. The van der Waals surface area contributed by atoms with Gasteiger partial charge >= 0.3 is 0 Å². The van der Waals surface area contributed by atoms with E-state index in [4.69, 9.17) is 0 Å². The van der Waals surface area contributed by atoms with Crippen molar-refractivity contribution in [2.24, 2.45) is 23.2 Å². The molecule has 4 atom stereocenters. The molecule has 0 aromatic rings. The van der Waals surface area contributed by atoms with Gasteiger partial charge < -0.3 is 5.11 Å². The molecule has 0 heterocycles. The SMILES string of the molecule is CCC(C)C1CC(C)C(O)C(C)(C)C1. The molecule has 1 aliphatic carbocycles. The fraction of sp³-hybridized carbons (Fsp3) is 1.00. The maximum Gasteiger partial charge on any atom is 0.0616 e. The lowest BCUT2D eigenvalue weighted by atomic mass is 9.63. The van der Waals surface area contributed by atoms with Gasteiger partial charge in [0.15, 0.2) is 0 Å². The normalized spacial score (nSPS) is 39.4. The minimum Gasteiger partial charge on any atom is -0.392 e. The molecule has 0 spiro atoms. The highest BCUT2D eigenvalue weighted by molar-refractivity contribution is 4.91. The summed E-state index contributed by atoms with van der Waals surface area (Å²) < 4.78 is 0. The minimum absolute atomic E-state index is 0.109. The van der Waals surface area contributed by atoms with E-state index in [2.05, 4.69) is 34.6 Å². The molecular formula is C13H26O. The summed E-state index contributed by atoms with van der Waals surface area (Å²) in [4.78, 5) is 0. The van der Waals surface area contributed by atoms with Crippen LogP contribution in [0, 0.1) is 23.2 Å². The van der Waals surface area contributed by atoms with Gasteiger partial charge in [0.2, 0.25) is 0 Å². The molecule has 0 aromatic heterocycles. The second kappa shape index (κ2) is 4.22. The Hall–Kier alpha value is -0.0400. The Bertz CT molecular complexity index is 186. The van der Waals surface area contributed by atoms with E-state index in [9.17, 15) is 5.11 Å². The van der Waals surface area contributed by atoms with Crippen LogP contribution in [0.5, 0.6) is 0 Å². The Labute approximate surface area is 88.9 Å². The first-order valence-corrected chi connectivity index (χ1v) is 6.06. The highest BCUT2D eigenvalue weighted by atomic mass is 16.3. The Kier molecular flexibility index (Phi) is 3.63. The van der Waals surface area contributed by atoms with E-state index in [0.717, 1.165) is 11.8 Å². The molecule has 1 aliphatic rings. The third-order valence-corrected chi connectivity index (χ3v) is 4.25. The van der Waals surface area contributed by atoms with Gasteiger partial charge in [-0.05, 0) is 36.0 Å². The molecule has 1 rings (SSSR count). The lowest BCUT2D eigenvalue weighted by molar-refractivity contribution is -0.0558. The summed E-state index contributed by atoms with van der Waals surface area (Å²) in [5, 5.41) is 10.1. The van der Waals surface area contributed by atoms with Crippen LogP contribution in [0.2, 0.25) is 0 Å². The van der Waals surface area contributed by atoms with Crippen LogP contribution >= 0.6 is 0 Å². The van der Waals surface area contributed by atoms with Crippen LogP contribution < -0.4 is 0 Å².